The fourth-order valence-electron chi connectivity index (χ4n) is 3.56. The van der Waals surface area contributed by atoms with Crippen LogP contribution < -0.4 is 5.32 Å². The number of hydrogen-bond acceptors (Lipinski definition) is 7. The van der Waals surface area contributed by atoms with Crippen LogP contribution in [0.1, 0.15) is 50.5 Å². The van der Waals surface area contributed by atoms with Gasteiger partial charge in [-0.1, -0.05) is 19.9 Å². The molecule has 1 aliphatic rings. The molecule has 1 aliphatic heterocycles. The third kappa shape index (κ3) is 4.70. The Morgan fingerprint density at radius 3 is 2.29 bits per heavy atom. The highest BCUT2D eigenvalue weighted by Gasteiger charge is 2.33. The van der Waals surface area contributed by atoms with Gasteiger partial charge in [0, 0.05) is 25.8 Å². The number of carbonyl (C=O) groups excluding carboxylic acids is 4. The first-order valence-electron chi connectivity index (χ1n) is 10.6. The average Bonchev–Trinajstić information content (AvgIpc) is 3.02. The van der Waals surface area contributed by atoms with Crippen molar-refractivity contribution in [3.05, 3.63) is 58.7 Å². The normalized spacial score (nSPS) is 13.3. The van der Waals surface area contributed by atoms with Crippen molar-refractivity contribution in [1.29, 1.82) is 0 Å². The summed E-state index contributed by atoms with van der Waals surface area (Å²) in [5, 5.41) is 2.52. The summed E-state index contributed by atoms with van der Waals surface area (Å²) in [4.78, 5) is 49.7. The summed E-state index contributed by atoms with van der Waals surface area (Å²) in [6.07, 6.45) is 0. The Kier molecular flexibility index (Phi) is 7.18. The number of benzene rings is 2. The molecular formula is C23H25N3O7S. The molecule has 0 saturated carbocycles. The number of ether oxygens (including phenoxy) is 1. The Morgan fingerprint density at radius 2 is 1.65 bits per heavy atom. The molecule has 0 radical (unpaired) electrons. The molecule has 1 N–H and O–H groups in total. The number of nitrogens with zero attached hydrogens (tertiary/aromatic N) is 2. The minimum Gasteiger partial charge on any atom is -0.452 e. The third-order valence-corrected chi connectivity index (χ3v) is 7.65. The van der Waals surface area contributed by atoms with Crippen molar-refractivity contribution in [1.82, 2.24) is 9.21 Å². The van der Waals surface area contributed by atoms with E-state index >= 15 is 0 Å². The number of carbonyl (C=O) groups is 4. The zero-order valence-electron chi connectivity index (χ0n) is 19.2. The Hall–Kier alpha value is -3.57. The number of sulfonamides is 1. The molecule has 1 heterocycles. The topological polar surface area (TPSA) is 130 Å². The van der Waals surface area contributed by atoms with E-state index in [0.717, 1.165) is 4.90 Å². The molecule has 0 atom stereocenters. The number of hydrogen-bond donors (Lipinski definition) is 1. The number of imide groups is 1. The van der Waals surface area contributed by atoms with Gasteiger partial charge in [-0.05, 0) is 42.8 Å². The van der Waals surface area contributed by atoms with Gasteiger partial charge in [0.15, 0.2) is 6.61 Å². The molecule has 3 amide bonds. The van der Waals surface area contributed by atoms with Crippen LogP contribution in [0.25, 0.3) is 0 Å². The van der Waals surface area contributed by atoms with Crippen LogP contribution in [0.2, 0.25) is 0 Å². The van der Waals surface area contributed by atoms with Crippen molar-refractivity contribution < 1.29 is 32.3 Å². The number of fused-ring (bicyclic) bond motifs is 1. The van der Waals surface area contributed by atoms with E-state index in [2.05, 4.69) is 5.32 Å². The maximum atomic E-state index is 12.9. The summed E-state index contributed by atoms with van der Waals surface area (Å²) >= 11 is 0. The second-order valence-electron chi connectivity index (χ2n) is 7.62. The molecule has 0 aromatic heterocycles. The first-order valence-corrected chi connectivity index (χ1v) is 12.0. The molecule has 10 nitrogen and oxygen atoms in total. The van der Waals surface area contributed by atoms with Gasteiger partial charge >= 0.3 is 5.97 Å². The number of nitrogens with one attached hydrogen (secondary N) is 1. The van der Waals surface area contributed by atoms with E-state index in [1.165, 1.54) is 35.6 Å². The Bertz CT molecular complexity index is 1280. The van der Waals surface area contributed by atoms with Crippen LogP contribution in [0.15, 0.2) is 41.3 Å². The predicted octanol–water partition coefficient (Wildman–Crippen LogP) is 2.05. The minimum atomic E-state index is -3.73. The molecular weight excluding hydrogens is 462 g/mol. The van der Waals surface area contributed by atoms with Crippen molar-refractivity contribution in [3.63, 3.8) is 0 Å². The van der Waals surface area contributed by atoms with Gasteiger partial charge in [0.05, 0.1) is 21.6 Å². The summed E-state index contributed by atoms with van der Waals surface area (Å²) in [5.41, 5.74) is 1.07. The molecule has 180 valence electrons. The lowest BCUT2D eigenvalue weighted by molar-refractivity contribution is -0.119. The van der Waals surface area contributed by atoms with Gasteiger partial charge in [-0.3, -0.25) is 19.3 Å². The van der Waals surface area contributed by atoms with Crippen LogP contribution in [-0.2, 0) is 19.6 Å². The minimum absolute atomic E-state index is 0.0194. The van der Waals surface area contributed by atoms with Gasteiger partial charge in [-0.25, -0.2) is 13.2 Å². The first kappa shape index (κ1) is 25.1. The predicted molar refractivity (Wildman–Crippen MR) is 123 cm³/mol. The van der Waals surface area contributed by atoms with E-state index in [-0.39, 0.29) is 27.3 Å². The van der Waals surface area contributed by atoms with Crippen LogP contribution in [0, 0.1) is 6.92 Å². The second kappa shape index (κ2) is 9.74. The molecule has 0 unspecified atom stereocenters. The number of rotatable bonds is 8. The van der Waals surface area contributed by atoms with Crippen LogP contribution >= 0.6 is 0 Å². The third-order valence-electron chi connectivity index (χ3n) is 5.45. The quantitative estimate of drug-likeness (QED) is 0.445. The SMILES string of the molecule is CCN(CC)S(=O)(=O)c1cc(NC(=O)COC(=O)c2ccc3c(c2)C(=O)N(C)C3=O)ccc1C. The molecule has 0 bridgehead atoms. The van der Waals surface area contributed by atoms with Crippen molar-refractivity contribution in [2.75, 3.05) is 32.1 Å². The monoisotopic (exact) mass is 487 g/mol. The number of amides is 3. The van der Waals surface area contributed by atoms with Crippen LogP contribution in [-0.4, -0.2) is 68.1 Å². The molecule has 0 fully saturated rings. The number of anilines is 1. The maximum Gasteiger partial charge on any atom is 0.338 e. The van der Waals surface area contributed by atoms with Crippen LogP contribution in [0.5, 0.6) is 0 Å². The van der Waals surface area contributed by atoms with E-state index in [1.807, 2.05) is 0 Å². The smallest absolute Gasteiger partial charge is 0.338 e. The summed E-state index contributed by atoms with van der Waals surface area (Å²) in [5.74, 6) is -2.50. The highest BCUT2D eigenvalue weighted by Crippen LogP contribution is 2.24. The van der Waals surface area contributed by atoms with E-state index in [4.69, 9.17) is 4.74 Å². The molecule has 0 spiro atoms. The fraction of sp³-hybridized carbons (Fsp3) is 0.304. The lowest BCUT2D eigenvalue weighted by Crippen LogP contribution is -2.31. The van der Waals surface area contributed by atoms with Crippen molar-refractivity contribution in [2.45, 2.75) is 25.7 Å². The molecule has 0 saturated heterocycles. The molecule has 34 heavy (non-hydrogen) atoms. The van der Waals surface area contributed by atoms with Crippen LogP contribution in [0.4, 0.5) is 5.69 Å². The Morgan fingerprint density at radius 1 is 1.00 bits per heavy atom. The molecule has 3 rings (SSSR count). The summed E-state index contributed by atoms with van der Waals surface area (Å²) in [6.45, 7) is 5.13. The lowest BCUT2D eigenvalue weighted by Gasteiger charge is -2.20. The van der Waals surface area contributed by atoms with Gasteiger partial charge < -0.3 is 10.1 Å². The zero-order valence-corrected chi connectivity index (χ0v) is 20.1. The van der Waals surface area contributed by atoms with Crippen molar-refractivity contribution in [3.8, 4) is 0 Å². The van der Waals surface area contributed by atoms with Gasteiger partial charge in [0.2, 0.25) is 10.0 Å². The molecule has 2 aromatic rings. The number of aryl methyl sites for hydroxylation is 1. The highest BCUT2D eigenvalue weighted by atomic mass is 32.2. The summed E-state index contributed by atoms with van der Waals surface area (Å²) < 4.78 is 32.1. The highest BCUT2D eigenvalue weighted by molar-refractivity contribution is 7.89. The van der Waals surface area contributed by atoms with Gasteiger partial charge in [0.25, 0.3) is 17.7 Å². The Labute approximate surface area is 197 Å². The maximum absolute atomic E-state index is 12.9. The van der Waals surface area contributed by atoms with E-state index < -0.39 is 40.3 Å². The fourth-order valence-corrected chi connectivity index (χ4v) is 5.27. The van der Waals surface area contributed by atoms with Crippen molar-refractivity contribution >= 4 is 39.4 Å². The van der Waals surface area contributed by atoms with Gasteiger partial charge in [-0.15, -0.1) is 0 Å². The summed E-state index contributed by atoms with van der Waals surface area (Å²) in [6, 6.07) is 8.45. The van der Waals surface area contributed by atoms with E-state index in [0.29, 0.717) is 18.7 Å². The van der Waals surface area contributed by atoms with Crippen LogP contribution in [0.3, 0.4) is 0 Å². The average molecular weight is 488 g/mol. The first-order chi connectivity index (χ1) is 16.0. The van der Waals surface area contributed by atoms with Gasteiger partial charge in [-0.2, -0.15) is 4.31 Å². The molecule has 11 heteroatoms. The largest absolute Gasteiger partial charge is 0.452 e. The second-order valence-corrected chi connectivity index (χ2v) is 9.53. The Balaban J connectivity index is 1.68. The van der Waals surface area contributed by atoms with Gasteiger partial charge in [0.1, 0.15) is 0 Å². The zero-order chi connectivity index (χ0) is 25.2. The molecule has 0 aliphatic carbocycles. The number of esters is 1. The lowest BCUT2D eigenvalue weighted by atomic mass is 10.1. The van der Waals surface area contributed by atoms with E-state index in [1.54, 1.807) is 32.9 Å². The van der Waals surface area contributed by atoms with Crippen molar-refractivity contribution in [2.24, 2.45) is 0 Å². The van der Waals surface area contributed by atoms with E-state index in [9.17, 15) is 27.6 Å². The summed E-state index contributed by atoms with van der Waals surface area (Å²) in [7, 11) is -2.38. The molecule has 2 aromatic carbocycles. The standard InChI is InChI=1S/C23H25N3O7S/c1-5-26(6-2)34(31,32)19-12-16(9-7-14(19)3)24-20(27)13-33-23(30)15-8-10-17-18(11-15)22(29)25(4)21(17)28/h7-12H,5-6,13H2,1-4H3,(H,24,27).